The molecule has 1 aromatic carbocycles. The van der Waals surface area contributed by atoms with Crippen LogP contribution in [-0.4, -0.2) is 35.4 Å². The van der Waals surface area contributed by atoms with E-state index in [0.717, 1.165) is 43.9 Å². The van der Waals surface area contributed by atoms with Gasteiger partial charge >= 0.3 is 0 Å². The molecule has 0 saturated carbocycles. The van der Waals surface area contributed by atoms with Gasteiger partial charge in [-0.15, -0.1) is 0 Å². The molecule has 0 atom stereocenters. The number of likely N-dealkylation sites (tertiary alicyclic amines) is 1. The third-order valence-electron chi connectivity index (χ3n) is 4.16. The fourth-order valence-electron chi connectivity index (χ4n) is 2.82. The zero-order chi connectivity index (χ0) is 15.2. The molecule has 3 rings (SSSR count). The quantitative estimate of drug-likeness (QED) is 0.943. The highest BCUT2D eigenvalue weighted by Gasteiger charge is 2.23. The molecule has 1 aliphatic heterocycles. The number of rotatable bonds is 4. The van der Waals surface area contributed by atoms with Gasteiger partial charge in [0.2, 0.25) is 0 Å². The molecule has 0 radical (unpaired) electrons. The molecule has 0 unspecified atom stereocenters. The molecule has 2 heterocycles. The van der Waals surface area contributed by atoms with Crippen LogP contribution < -0.4 is 5.32 Å². The Balaban J connectivity index is 1.47. The van der Waals surface area contributed by atoms with Gasteiger partial charge in [0, 0.05) is 31.4 Å². The number of carbonyl (C=O) groups is 1. The van der Waals surface area contributed by atoms with E-state index in [0.29, 0.717) is 5.92 Å². The summed E-state index contributed by atoms with van der Waals surface area (Å²) in [6.07, 6.45) is 3.88. The van der Waals surface area contributed by atoms with Gasteiger partial charge < -0.3 is 10.2 Å². The number of piperidine rings is 1. The Hall–Kier alpha value is -2.36. The summed E-state index contributed by atoms with van der Waals surface area (Å²) in [5.74, 6) is 1.67. The second-order valence-electron chi connectivity index (χ2n) is 5.70. The summed E-state index contributed by atoms with van der Waals surface area (Å²) in [7, 11) is 0. The van der Waals surface area contributed by atoms with Crippen molar-refractivity contribution in [1.82, 2.24) is 9.88 Å². The van der Waals surface area contributed by atoms with Crippen molar-refractivity contribution in [3.8, 4) is 0 Å². The molecule has 1 saturated heterocycles. The predicted octanol–water partition coefficient (Wildman–Crippen LogP) is 3.05. The first-order valence-electron chi connectivity index (χ1n) is 7.82. The SMILES string of the molecule is O=C(c1ccccc1)N1CCC(CNc2ccccn2)CC1. The third kappa shape index (κ3) is 3.64. The van der Waals surface area contributed by atoms with Gasteiger partial charge in [-0.05, 0) is 43.0 Å². The third-order valence-corrected chi connectivity index (χ3v) is 4.16. The van der Waals surface area contributed by atoms with Gasteiger partial charge in [0.25, 0.3) is 5.91 Å². The predicted molar refractivity (Wildman–Crippen MR) is 87.8 cm³/mol. The van der Waals surface area contributed by atoms with Crippen molar-refractivity contribution < 1.29 is 4.79 Å². The fraction of sp³-hybridized carbons (Fsp3) is 0.333. The molecule has 114 valence electrons. The number of hydrogen-bond acceptors (Lipinski definition) is 3. The number of carbonyl (C=O) groups excluding carboxylic acids is 1. The van der Waals surface area contributed by atoms with Crippen LogP contribution in [0.3, 0.4) is 0 Å². The smallest absolute Gasteiger partial charge is 0.253 e. The van der Waals surface area contributed by atoms with E-state index < -0.39 is 0 Å². The Kier molecular flexibility index (Phi) is 4.68. The highest BCUT2D eigenvalue weighted by molar-refractivity contribution is 5.94. The summed E-state index contributed by atoms with van der Waals surface area (Å²) in [6.45, 7) is 2.59. The zero-order valence-electron chi connectivity index (χ0n) is 12.6. The van der Waals surface area contributed by atoms with Gasteiger partial charge in [-0.2, -0.15) is 0 Å². The number of benzene rings is 1. The Morgan fingerprint density at radius 3 is 2.50 bits per heavy atom. The largest absolute Gasteiger partial charge is 0.370 e. The van der Waals surface area contributed by atoms with Crippen LogP contribution in [0.15, 0.2) is 54.7 Å². The second-order valence-corrected chi connectivity index (χ2v) is 5.70. The Labute approximate surface area is 131 Å². The van der Waals surface area contributed by atoms with Crippen LogP contribution in [0.25, 0.3) is 0 Å². The molecular weight excluding hydrogens is 274 g/mol. The summed E-state index contributed by atoms with van der Waals surface area (Å²) in [5.41, 5.74) is 0.785. The molecule has 1 fully saturated rings. The van der Waals surface area contributed by atoms with Crippen molar-refractivity contribution in [3.63, 3.8) is 0 Å². The summed E-state index contributed by atoms with van der Waals surface area (Å²) >= 11 is 0. The van der Waals surface area contributed by atoms with Crippen LogP contribution in [0, 0.1) is 5.92 Å². The fourth-order valence-corrected chi connectivity index (χ4v) is 2.82. The number of nitrogens with one attached hydrogen (secondary N) is 1. The number of nitrogens with zero attached hydrogens (tertiary/aromatic N) is 2. The normalized spacial score (nSPS) is 15.5. The molecule has 0 bridgehead atoms. The number of hydrogen-bond donors (Lipinski definition) is 1. The van der Waals surface area contributed by atoms with Crippen molar-refractivity contribution in [3.05, 3.63) is 60.3 Å². The van der Waals surface area contributed by atoms with E-state index in [-0.39, 0.29) is 5.91 Å². The van der Waals surface area contributed by atoms with Crippen LogP contribution in [-0.2, 0) is 0 Å². The number of aromatic nitrogens is 1. The van der Waals surface area contributed by atoms with Crippen molar-refractivity contribution in [2.24, 2.45) is 5.92 Å². The minimum absolute atomic E-state index is 0.150. The molecule has 2 aromatic rings. The average molecular weight is 295 g/mol. The highest BCUT2D eigenvalue weighted by Crippen LogP contribution is 2.19. The Morgan fingerprint density at radius 2 is 1.82 bits per heavy atom. The van der Waals surface area contributed by atoms with E-state index in [9.17, 15) is 4.79 Å². The highest BCUT2D eigenvalue weighted by atomic mass is 16.2. The molecule has 1 aliphatic rings. The molecule has 4 nitrogen and oxygen atoms in total. The van der Waals surface area contributed by atoms with E-state index in [1.54, 1.807) is 6.20 Å². The maximum Gasteiger partial charge on any atom is 0.253 e. The second kappa shape index (κ2) is 7.07. The van der Waals surface area contributed by atoms with Crippen LogP contribution >= 0.6 is 0 Å². The molecule has 4 heteroatoms. The number of pyridine rings is 1. The van der Waals surface area contributed by atoms with Gasteiger partial charge in [0.05, 0.1) is 0 Å². The van der Waals surface area contributed by atoms with Crippen LogP contribution in [0.4, 0.5) is 5.82 Å². The lowest BCUT2D eigenvalue weighted by Gasteiger charge is -2.32. The van der Waals surface area contributed by atoms with Gasteiger partial charge in [0.15, 0.2) is 0 Å². The van der Waals surface area contributed by atoms with Crippen molar-refractivity contribution >= 4 is 11.7 Å². The van der Waals surface area contributed by atoms with Crippen LogP contribution in [0.2, 0.25) is 0 Å². The van der Waals surface area contributed by atoms with Crippen LogP contribution in [0.5, 0.6) is 0 Å². The van der Waals surface area contributed by atoms with Gasteiger partial charge in [-0.3, -0.25) is 4.79 Å². The Morgan fingerprint density at radius 1 is 1.09 bits per heavy atom. The molecule has 1 aromatic heterocycles. The average Bonchev–Trinajstić information content (AvgIpc) is 2.61. The minimum atomic E-state index is 0.150. The zero-order valence-corrected chi connectivity index (χ0v) is 12.6. The lowest BCUT2D eigenvalue weighted by Crippen LogP contribution is -2.39. The first kappa shape index (κ1) is 14.6. The Bertz CT molecular complexity index is 592. The lowest BCUT2D eigenvalue weighted by atomic mass is 9.96. The summed E-state index contributed by atoms with van der Waals surface area (Å²) in [6, 6.07) is 15.4. The standard InChI is InChI=1S/C18H21N3O/c22-18(16-6-2-1-3-7-16)21-12-9-15(10-13-21)14-20-17-8-4-5-11-19-17/h1-8,11,15H,9-10,12-14H2,(H,19,20). The van der Waals surface area contributed by atoms with Crippen LogP contribution in [0.1, 0.15) is 23.2 Å². The van der Waals surface area contributed by atoms with E-state index >= 15 is 0 Å². The maximum absolute atomic E-state index is 12.4. The van der Waals surface area contributed by atoms with Gasteiger partial charge in [-0.25, -0.2) is 4.98 Å². The molecule has 1 amide bonds. The monoisotopic (exact) mass is 295 g/mol. The van der Waals surface area contributed by atoms with Gasteiger partial charge in [0.1, 0.15) is 5.82 Å². The number of anilines is 1. The number of amides is 1. The summed E-state index contributed by atoms with van der Waals surface area (Å²) < 4.78 is 0. The molecular formula is C18H21N3O. The van der Waals surface area contributed by atoms with Gasteiger partial charge in [-0.1, -0.05) is 24.3 Å². The molecule has 1 N–H and O–H groups in total. The summed E-state index contributed by atoms with van der Waals surface area (Å²) in [5, 5.41) is 3.38. The van der Waals surface area contributed by atoms with Crippen molar-refractivity contribution in [2.75, 3.05) is 25.0 Å². The molecule has 22 heavy (non-hydrogen) atoms. The first-order chi connectivity index (χ1) is 10.8. The van der Waals surface area contributed by atoms with E-state index in [2.05, 4.69) is 10.3 Å². The van der Waals surface area contributed by atoms with Crippen molar-refractivity contribution in [1.29, 1.82) is 0 Å². The van der Waals surface area contributed by atoms with Crippen molar-refractivity contribution in [2.45, 2.75) is 12.8 Å². The minimum Gasteiger partial charge on any atom is -0.370 e. The lowest BCUT2D eigenvalue weighted by molar-refractivity contribution is 0.0695. The van der Waals surface area contributed by atoms with E-state index in [1.807, 2.05) is 53.4 Å². The van der Waals surface area contributed by atoms with E-state index in [1.165, 1.54) is 0 Å². The topological polar surface area (TPSA) is 45.2 Å². The molecule has 0 spiro atoms. The van der Waals surface area contributed by atoms with E-state index in [4.69, 9.17) is 0 Å². The first-order valence-corrected chi connectivity index (χ1v) is 7.82. The summed E-state index contributed by atoms with van der Waals surface area (Å²) in [4.78, 5) is 18.6. The maximum atomic E-state index is 12.4. The molecule has 0 aliphatic carbocycles.